The minimum atomic E-state index is -0.380. The second kappa shape index (κ2) is 7.04. The Morgan fingerprint density at radius 2 is 2.19 bits per heavy atom. The minimum absolute atomic E-state index is 0.272. The highest BCUT2D eigenvalue weighted by Gasteiger charge is 2.21. The lowest BCUT2D eigenvalue weighted by atomic mass is 10.4. The first-order valence-corrected chi connectivity index (χ1v) is 8.32. The molecule has 0 saturated heterocycles. The largest absolute Gasteiger partial charge is 0.465 e. The van der Waals surface area contributed by atoms with Gasteiger partial charge in [-0.1, -0.05) is 18.7 Å². The van der Waals surface area contributed by atoms with Crippen LogP contribution in [0.15, 0.2) is 9.64 Å². The molecule has 1 atom stereocenters. The molecule has 0 aromatic carbocycles. The number of aromatic nitrogens is 3. The summed E-state index contributed by atoms with van der Waals surface area (Å²) in [4.78, 5) is 16.9. The van der Waals surface area contributed by atoms with Crippen molar-refractivity contribution in [3.63, 3.8) is 0 Å². The summed E-state index contributed by atoms with van der Waals surface area (Å²) in [6.45, 7) is 7.97. The number of esters is 1. The van der Waals surface area contributed by atoms with Crippen molar-refractivity contribution in [3.8, 4) is 10.8 Å². The summed E-state index contributed by atoms with van der Waals surface area (Å²) in [6.07, 6.45) is 0.803. The molecule has 0 bridgehead atoms. The van der Waals surface area contributed by atoms with E-state index in [1.807, 2.05) is 20.8 Å². The molecule has 0 fully saturated rings. The van der Waals surface area contributed by atoms with Crippen molar-refractivity contribution in [2.75, 3.05) is 6.61 Å². The fourth-order valence-corrected chi connectivity index (χ4v) is 3.12. The summed E-state index contributed by atoms with van der Waals surface area (Å²) in [6, 6.07) is 0. The van der Waals surface area contributed by atoms with Crippen molar-refractivity contribution in [2.45, 2.75) is 44.6 Å². The van der Waals surface area contributed by atoms with Gasteiger partial charge < -0.3 is 9.15 Å². The van der Waals surface area contributed by atoms with Crippen LogP contribution in [0.25, 0.3) is 10.8 Å². The van der Waals surface area contributed by atoms with Crippen LogP contribution in [-0.4, -0.2) is 33.0 Å². The minimum Gasteiger partial charge on any atom is -0.465 e. The molecule has 1 unspecified atom stereocenters. The van der Waals surface area contributed by atoms with Gasteiger partial charge in [0.15, 0.2) is 0 Å². The van der Waals surface area contributed by atoms with Crippen molar-refractivity contribution < 1.29 is 13.9 Å². The standard InChI is InChI=1S/C13H17N3O3S2/c1-5-6-18-12(17)8(3)20-13-16-15-11(19-13)10-7(2)14-9(4)21-10/h8H,5-6H2,1-4H3. The fourth-order valence-electron chi connectivity index (χ4n) is 1.60. The molecular formula is C13H17N3O3S2. The van der Waals surface area contributed by atoms with E-state index in [-0.39, 0.29) is 11.2 Å². The zero-order valence-corrected chi connectivity index (χ0v) is 14.0. The number of ether oxygens (including phenoxy) is 1. The Balaban J connectivity index is 2.03. The number of thiazole rings is 1. The molecule has 0 radical (unpaired) electrons. The smallest absolute Gasteiger partial charge is 0.319 e. The van der Waals surface area contributed by atoms with Crippen molar-refractivity contribution >= 4 is 29.1 Å². The SMILES string of the molecule is CCCOC(=O)C(C)Sc1nnc(-c2sc(C)nc2C)o1. The maximum absolute atomic E-state index is 11.7. The van der Waals surface area contributed by atoms with E-state index in [4.69, 9.17) is 9.15 Å². The Hall–Kier alpha value is -1.41. The first-order valence-electron chi connectivity index (χ1n) is 6.62. The molecule has 0 saturated carbocycles. The van der Waals surface area contributed by atoms with E-state index in [1.165, 1.54) is 23.1 Å². The van der Waals surface area contributed by atoms with Crippen LogP contribution in [0.1, 0.15) is 31.0 Å². The van der Waals surface area contributed by atoms with Gasteiger partial charge in [-0.2, -0.15) is 0 Å². The zero-order chi connectivity index (χ0) is 15.4. The van der Waals surface area contributed by atoms with E-state index in [0.717, 1.165) is 22.0 Å². The highest BCUT2D eigenvalue weighted by atomic mass is 32.2. The molecule has 2 aromatic rings. The molecule has 114 valence electrons. The Bertz CT molecular complexity index is 624. The maximum atomic E-state index is 11.7. The fraction of sp³-hybridized carbons (Fsp3) is 0.538. The van der Waals surface area contributed by atoms with Crippen LogP contribution in [-0.2, 0) is 9.53 Å². The van der Waals surface area contributed by atoms with Crippen LogP contribution >= 0.6 is 23.1 Å². The molecule has 6 nitrogen and oxygen atoms in total. The summed E-state index contributed by atoms with van der Waals surface area (Å²) in [5, 5.41) is 8.91. The summed E-state index contributed by atoms with van der Waals surface area (Å²) in [5.74, 6) is 0.168. The van der Waals surface area contributed by atoms with Gasteiger partial charge in [-0.25, -0.2) is 4.98 Å². The predicted octanol–water partition coefficient (Wildman–Crippen LogP) is 3.24. The molecule has 2 aromatic heterocycles. The van der Waals surface area contributed by atoms with Gasteiger partial charge in [-0.15, -0.1) is 21.5 Å². The second-order valence-electron chi connectivity index (χ2n) is 4.45. The van der Waals surface area contributed by atoms with Crippen LogP contribution in [0.3, 0.4) is 0 Å². The van der Waals surface area contributed by atoms with Crippen molar-refractivity contribution in [2.24, 2.45) is 0 Å². The van der Waals surface area contributed by atoms with Crippen molar-refractivity contribution in [1.29, 1.82) is 0 Å². The molecule has 0 N–H and O–H groups in total. The molecule has 2 heterocycles. The molecule has 21 heavy (non-hydrogen) atoms. The van der Waals surface area contributed by atoms with Gasteiger partial charge in [0.1, 0.15) is 10.1 Å². The lowest BCUT2D eigenvalue weighted by molar-refractivity contribution is -0.142. The molecule has 0 aliphatic heterocycles. The van der Waals surface area contributed by atoms with E-state index >= 15 is 0 Å². The molecule has 0 aliphatic carbocycles. The summed E-state index contributed by atoms with van der Waals surface area (Å²) in [7, 11) is 0. The monoisotopic (exact) mass is 327 g/mol. The van der Waals surface area contributed by atoms with Crippen LogP contribution in [0.5, 0.6) is 0 Å². The van der Waals surface area contributed by atoms with Gasteiger partial charge in [-0.05, 0) is 27.2 Å². The molecule has 0 aliphatic rings. The number of thioether (sulfide) groups is 1. The molecule has 8 heteroatoms. The van der Waals surface area contributed by atoms with Gasteiger partial charge >= 0.3 is 5.97 Å². The van der Waals surface area contributed by atoms with Gasteiger partial charge in [0, 0.05) is 0 Å². The Morgan fingerprint density at radius 3 is 2.81 bits per heavy atom. The number of rotatable bonds is 6. The van der Waals surface area contributed by atoms with Crippen molar-refractivity contribution in [3.05, 3.63) is 10.7 Å². The van der Waals surface area contributed by atoms with E-state index in [2.05, 4.69) is 15.2 Å². The highest BCUT2D eigenvalue weighted by molar-refractivity contribution is 8.00. The van der Waals surface area contributed by atoms with Crippen LogP contribution in [0.4, 0.5) is 0 Å². The summed E-state index contributed by atoms with van der Waals surface area (Å²) in [5.41, 5.74) is 0.869. The van der Waals surface area contributed by atoms with E-state index < -0.39 is 0 Å². The van der Waals surface area contributed by atoms with E-state index in [1.54, 1.807) is 6.92 Å². The van der Waals surface area contributed by atoms with Crippen LogP contribution < -0.4 is 0 Å². The lowest BCUT2D eigenvalue weighted by Crippen LogP contribution is -2.17. The molecule has 0 amide bonds. The van der Waals surface area contributed by atoms with Crippen LogP contribution in [0, 0.1) is 13.8 Å². The average molecular weight is 327 g/mol. The molecule has 2 rings (SSSR count). The molecular weight excluding hydrogens is 310 g/mol. The number of hydrogen-bond donors (Lipinski definition) is 0. The Labute approximate surface area is 131 Å². The average Bonchev–Trinajstić information content (AvgIpc) is 3.02. The summed E-state index contributed by atoms with van der Waals surface area (Å²) >= 11 is 2.71. The Kier molecular flexibility index (Phi) is 5.35. The van der Waals surface area contributed by atoms with Crippen LogP contribution in [0.2, 0.25) is 0 Å². The number of carbonyl (C=O) groups excluding carboxylic acids is 1. The van der Waals surface area contributed by atoms with Gasteiger partial charge in [0.25, 0.3) is 11.1 Å². The lowest BCUT2D eigenvalue weighted by Gasteiger charge is -2.07. The van der Waals surface area contributed by atoms with E-state index in [0.29, 0.717) is 17.7 Å². The number of aryl methyl sites for hydroxylation is 2. The maximum Gasteiger partial charge on any atom is 0.319 e. The first-order chi connectivity index (χ1) is 10.0. The van der Waals surface area contributed by atoms with Crippen molar-refractivity contribution in [1.82, 2.24) is 15.2 Å². The summed E-state index contributed by atoms with van der Waals surface area (Å²) < 4.78 is 10.7. The predicted molar refractivity (Wildman–Crippen MR) is 81.4 cm³/mol. The van der Waals surface area contributed by atoms with Gasteiger partial charge in [0.05, 0.1) is 17.3 Å². The third kappa shape index (κ3) is 4.04. The number of nitrogens with zero attached hydrogens (tertiary/aromatic N) is 3. The topological polar surface area (TPSA) is 78.1 Å². The normalized spacial score (nSPS) is 12.4. The zero-order valence-electron chi connectivity index (χ0n) is 12.4. The van der Waals surface area contributed by atoms with Gasteiger partial charge in [0.2, 0.25) is 0 Å². The van der Waals surface area contributed by atoms with Gasteiger partial charge in [-0.3, -0.25) is 4.79 Å². The molecule has 0 spiro atoms. The first kappa shape index (κ1) is 16.0. The number of hydrogen-bond acceptors (Lipinski definition) is 8. The third-order valence-electron chi connectivity index (χ3n) is 2.56. The second-order valence-corrected chi connectivity index (χ2v) is 6.94. The highest BCUT2D eigenvalue weighted by Crippen LogP contribution is 2.31. The third-order valence-corrected chi connectivity index (χ3v) is 4.54. The Morgan fingerprint density at radius 1 is 1.43 bits per heavy atom. The van der Waals surface area contributed by atoms with E-state index in [9.17, 15) is 4.79 Å². The number of carbonyl (C=O) groups is 1. The quantitative estimate of drug-likeness (QED) is 0.595.